The third-order valence-corrected chi connectivity index (χ3v) is 4.84. The van der Waals surface area contributed by atoms with E-state index in [1.54, 1.807) is 29.2 Å². The van der Waals surface area contributed by atoms with E-state index < -0.39 is 0 Å². The van der Waals surface area contributed by atoms with Gasteiger partial charge < -0.3 is 20.3 Å². The largest absolute Gasteiger partial charge is 0.375 e. The van der Waals surface area contributed by atoms with Gasteiger partial charge in [0.1, 0.15) is 0 Å². The summed E-state index contributed by atoms with van der Waals surface area (Å²) >= 11 is 0. The highest BCUT2D eigenvalue weighted by atomic mass is 16.5. The Bertz CT molecular complexity index is 614. The zero-order valence-electron chi connectivity index (χ0n) is 14.8. The van der Waals surface area contributed by atoms with E-state index in [9.17, 15) is 9.59 Å². The van der Waals surface area contributed by atoms with Gasteiger partial charge in [-0.1, -0.05) is 25.3 Å². The van der Waals surface area contributed by atoms with Crippen molar-refractivity contribution in [2.75, 3.05) is 25.0 Å². The number of benzene rings is 1. The summed E-state index contributed by atoms with van der Waals surface area (Å²) in [4.78, 5) is 26.6. The van der Waals surface area contributed by atoms with Crippen LogP contribution in [0, 0.1) is 0 Å². The molecule has 1 heterocycles. The lowest BCUT2D eigenvalue weighted by molar-refractivity contribution is -0.0124. The molecule has 6 nitrogen and oxygen atoms in total. The first-order valence-electron chi connectivity index (χ1n) is 9.20. The fourth-order valence-electron chi connectivity index (χ4n) is 3.51. The minimum absolute atomic E-state index is 0.0218. The zero-order chi connectivity index (χ0) is 17.6. The zero-order valence-corrected chi connectivity index (χ0v) is 14.8. The molecule has 25 heavy (non-hydrogen) atoms. The lowest BCUT2D eigenvalue weighted by Crippen LogP contribution is -2.44. The predicted octanol–water partition coefficient (Wildman–Crippen LogP) is 3.00. The maximum Gasteiger partial charge on any atom is 0.319 e. The second kappa shape index (κ2) is 8.34. The smallest absolute Gasteiger partial charge is 0.319 e. The second-order valence-electron chi connectivity index (χ2n) is 6.95. The summed E-state index contributed by atoms with van der Waals surface area (Å²) in [7, 11) is 0. The fourth-order valence-corrected chi connectivity index (χ4v) is 3.51. The molecule has 1 aromatic rings. The maximum atomic E-state index is 12.6. The highest BCUT2D eigenvalue weighted by Crippen LogP contribution is 2.18. The molecule has 1 unspecified atom stereocenters. The van der Waals surface area contributed by atoms with Crippen LogP contribution in [0.25, 0.3) is 0 Å². The summed E-state index contributed by atoms with van der Waals surface area (Å²) in [6.07, 6.45) is 5.74. The van der Waals surface area contributed by atoms with Gasteiger partial charge in [-0.3, -0.25) is 4.79 Å². The van der Waals surface area contributed by atoms with E-state index in [0.29, 0.717) is 30.9 Å². The normalized spacial score (nSPS) is 21.6. The molecule has 1 atom stereocenters. The molecule has 6 heteroatoms. The molecular formula is C19H27N3O3. The first-order valence-corrected chi connectivity index (χ1v) is 9.20. The number of nitrogens with zero attached hydrogens (tertiary/aromatic N) is 1. The molecule has 1 saturated carbocycles. The number of hydrogen-bond donors (Lipinski definition) is 2. The van der Waals surface area contributed by atoms with Crippen LogP contribution in [-0.4, -0.2) is 48.7 Å². The number of rotatable bonds is 3. The van der Waals surface area contributed by atoms with Gasteiger partial charge in [-0.05, 0) is 38.0 Å². The fraction of sp³-hybridized carbons (Fsp3) is 0.579. The van der Waals surface area contributed by atoms with Gasteiger partial charge in [0.15, 0.2) is 0 Å². The maximum absolute atomic E-state index is 12.6. The molecule has 2 fully saturated rings. The third-order valence-electron chi connectivity index (χ3n) is 4.84. The number of hydrogen-bond acceptors (Lipinski definition) is 3. The van der Waals surface area contributed by atoms with Gasteiger partial charge in [0, 0.05) is 30.4 Å². The van der Waals surface area contributed by atoms with Gasteiger partial charge in [0.25, 0.3) is 5.91 Å². The lowest BCUT2D eigenvalue weighted by Gasteiger charge is -2.31. The van der Waals surface area contributed by atoms with E-state index in [2.05, 4.69) is 10.6 Å². The van der Waals surface area contributed by atoms with Crippen molar-refractivity contribution in [1.29, 1.82) is 0 Å². The van der Waals surface area contributed by atoms with Crippen LogP contribution in [0.15, 0.2) is 24.3 Å². The van der Waals surface area contributed by atoms with Gasteiger partial charge in [-0.25, -0.2) is 4.79 Å². The monoisotopic (exact) mass is 345 g/mol. The standard InChI is InChI=1S/C19H27N3O3/c1-14-13-22(10-11-25-14)18(23)15-6-5-9-17(12-15)21-19(24)20-16-7-3-2-4-8-16/h5-6,9,12,14,16H,2-4,7-8,10-11,13H2,1H3,(H2,20,21,24). The number of amides is 3. The summed E-state index contributed by atoms with van der Waals surface area (Å²) in [6.45, 7) is 3.73. The Kier molecular flexibility index (Phi) is 5.91. The van der Waals surface area contributed by atoms with Crippen molar-refractivity contribution >= 4 is 17.6 Å². The molecule has 2 N–H and O–H groups in total. The Labute approximate surface area is 148 Å². The second-order valence-corrected chi connectivity index (χ2v) is 6.95. The summed E-state index contributed by atoms with van der Waals surface area (Å²) in [5.41, 5.74) is 1.23. The third kappa shape index (κ3) is 4.95. The molecule has 1 saturated heterocycles. The lowest BCUT2D eigenvalue weighted by atomic mass is 9.96. The van der Waals surface area contributed by atoms with Crippen LogP contribution in [0.1, 0.15) is 49.4 Å². The Balaban J connectivity index is 1.58. The van der Waals surface area contributed by atoms with Crippen LogP contribution in [0.5, 0.6) is 0 Å². The number of morpholine rings is 1. The molecule has 3 rings (SSSR count). The van der Waals surface area contributed by atoms with E-state index in [-0.39, 0.29) is 24.1 Å². The predicted molar refractivity (Wildman–Crippen MR) is 96.8 cm³/mol. The van der Waals surface area contributed by atoms with Crippen LogP contribution >= 0.6 is 0 Å². The van der Waals surface area contributed by atoms with Crippen molar-refractivity contribution in [3.63, 3.8) is 0 Å². The highest BCUT2D eigenvalue weighted by molar-refractivity contribution is 5.97. The topological polar surface area (TPSA) is 70.7 Å². The first-order chi connectivity index (χ1) is 12.1. The van der Waals surface area contributed by atoms with E-state index in [4.69, 9.17) is 4.74 Å². The number of nitrogens with one attached hydrogen (secondary N) is 2. The molecule has 2 aliphatic rings. The summed E-state index contributed by atoms with van der Waals surface area (Å²) in [6, 6.07) is 7.19. The SMILES string of the molecule is CC1CN(C(=O)c2cccc(NC(=O)NC3CCCCC3)c2)CCO1. The number of carbonyl (C=O) groups excluding carboxylic acids is 2. The molecule has 3 amide bonds. The molecule has 1 aromatic carbocycles. The van der Waals surface area contributed by atoms with E-state index in [1.807, 2.05) is 6.92 Å². The summed E-state index contributed by atoms with van der Waals surface area (Å²) in [5, 5.41) is 5.87. The molecule has 1 aliphatic carbocycles. The van der Waals surface area contributed by atoms with Crippen molar-refractivity contribution < 1.29 is 14.3 Å². The Morgan fingerprint density at radius 2 is 2.00 bits per heavy atom. The molecule has 136 valence electrons. The van der Waals surface area contributed by atoms with Crippen LogP contribution < -0.4 is 10.6 Å². The molecule has 0 spiro atoms. The van der Waals surface area contributed by atoms with Crippen LogP contribution in [-0.2, 0) is 4.74 Å². The minimum atomic E-state index is -0.198. The van der Waals surface area contributed by atoms with Crippen LogP contribution in [0.4, 0.5) is 10.5 Å². The van der Waals surface area contributed by atoms with E-state index in [1.165, 1.54) is 19.3 Å². The number of carbonyl (C=O) groups is 2. The Hall–Kier alpha value is -2.08. The molecule has 0 bridgehead atoms. The summed E-state index contributed by atoms with van der Waals surface area (Å²) < 4.78 is 5.48. The quantitative estimate of drug-likeness (QED) is 0.885. The van der Waals surface area contributed by atoms with Crippen molar-refractivity contribution in [3.8, 4) is 0 Å². The molecule has 0 radical (unpaired) electrons. The first kappa shape index (κ1) is 17.7. The van der Waals surface area contributed by atoms with Gasteiger partial charge in [-0.15, -0.1) is 0 Å². The Morgan fingerprint density at radius 1 is 1.20 bits per heavy atom. The van der Waals surface area contributed by atoms with Gasteiger partial charge >= 0.3 is 6.03 Å². The highest BCUT2D eigenvalue weighted by Gasteiger charge is 2.23. The van der Waals surface area contributed by atoms with Crippen LogP contribution in [0.2, 0.25) is 0 Å². The molecule has 1 aliphatic heterocycles. The molecular weight excluding hydrogens is 318 g/mol. The Morgan fingerprint density at radius 3 is 2.76 bits per heavy atom. The molecule has 0 aromatic heterocycles. The van der Waals surface area contributed by atoms with Crippen molar-refractivity contribution in [2.24, 2.45) is 0 Å². The van der Waals surface area contributed by atoms with Crippen molar-refractivity contribution in [1.82, 2.24) is 10.2 Å². The van der Waals surface area contributed by atoms with Gasteiger partial charge in [0.05, 0.1) is 12.7 Å². The van der Waals surface area contributed by atoms with E-state index >= 15 is 0 Å². The average Bonchev–Trinajstić information content (AvgIpc) is 2.62. The average molecular weight is 345 g/mol. The number of urea groups is 1. The minimum Gasteiger partial charge on any atom is -0.375 e. The number of anilines is 1. The van der Waals surface area contributed by atoms with Crippen molar-refractivity contribution in [3.05, 3.63) is 29.8 Å². The van der Waals surface area contributed by atoms with E-state index in [0.717, 1.165) is 12.8 Å². The number of ether oxygens (including phenoxy) is 1. The van der Waals surface area contributed by atoms with Gasteiger partial charge in [-0.2, -0.15) is 0 Å². The van der Waals surface area contributed by atoms with Crippen LogP contribution in [0.3, 0.4) is 0 Å². The summed E-state index contributed by atoms with van der Waals surface area (Å²) in [5.74, 6) is -0.0218. The van der Waals surface area contributed by atoms with Crippen molar-refractivity contribution in [2.45, 2.75) is 51.2 Å². The van der Waals surface area contributed by atoms with Gasteiger partial charge in [0.2, 0.25) is 0 Å².